The number of ketones is 1. The lowest BCUT2D eigenvalue weighted by Gasteiger charge is -1.85. The predicted octanol–water partition coefficient (Wildman–Crippen LogP) is 2.64. The molecule has 0 atom stereocenters. The Morgan fingerprint density at radius 3 is 3.00 bits per heavy atom. The number of aromatic nitrogens is 1. The van der Waals surface area contributed by atoms with E-state index in [-0.39, 0.29) is 11.6 Å². The minimum Gasteiger partial charge on any atom is -0.292 e. The summed E-state index contributed by atoms with van der Waals surface area (Å²) in [5.74, 6) is -0.382. The molecule has 0 aliphatic carbocycles. The summed E-state index contributed by atoms with van der Waals surface area (Å²) in [7, 11) is 0. The molecule has 1 aromatic heterocycles. The van der Waals surface area contributed by atoms with Crippen LogP contribution in [0.4, 0.5) is 4.39 Å². The lowest BCUT2D eigenvalue weighted by atomic mass is 10.3. The van der Waals surface area contributed by atoms with Crippen LogP contribution >= 0.6 is 11.3 Å². The molecule has 0 radical (unpaired) electrons. The summed E-state index contributed by atoms with van der Waals surface area (Å²) in [5, 5.41) is 0.431. The first-order valence-electron chi connectivity index (χ1n) is 3.74. The van der Waals surface area contributed by atoms with Gasteiger partial charge >= 0.3 is 0 Å². The summed E-state index contributed by atoms with van der Waals surface area (Å²) in [5.41, 5.74) is 0.677. The highest BCUT2D eigenvalue weighted by molar-refractivity contribution is 7.20. The van der Waals surface area contributed by atoms with Crippen molar-refractivity contribution >= 4 is 27.3 Å². The minimum atomic E-state index is -0.300. The van der Waals surface area contributed by atoms with Crippen molar-refractivity contribution in [3.63, 3.8) is 0 Å². The van der Waals surface area contributed by atoms with Gasteiger partial charge in [-0.15, -0.1) is 11.3 Å². The summed E-state index contributed by atoms with van der Waals surface area (Å²) < 4.78 is 13.5. The van der Waals surface area contributed by atoms with Crippen molar-refractivity contribution in [2.45, 2.75) is 6.92 Å². The van der Waals surface area contributed by atoms with Crippen molar-refractivity contribution in [3.8, 4) is 0 Å². The van der Waals surface area contributed by atoms with Crippen molar-refractivity contribution in [2.24, 2.45) is 0 Å². The second-order valence-electron chi connectivity index (χ2n) is 2.69. The fraction of sp³-hybridized carbons (Fsp3) is 0.111. The SMILES string of the molecule is CC(=O)c1nc2ccc(F)cc2s1. The Balaban J connectivity index is 2.68. The normalized spacial score (nSPS) is 10.6. The van der Waals surface area contributed by atoms with E-state index in [1.165, 1.54) is 30.4 Å². The van der Waals surface area contributed by atoms with Crippen LogP contribution in [0.3, 0.4) is 0 Å². The zero-order valence-corrected chi connectivity index (χ0v) is 7.69. The van der Waals surface area contributed by atoms with E-state index in [1.54, 1.807) is 6.07 Å². The summed E-state index contributed by atoms with van der Waals surface area (Å²) in [6.07, 6.45) is 0. The highest BCUT2D eigenvalue weighted by Crippen LogP contribution is 2.22. The topological polar surface area (TPSA) is 30.0 Å². The highest BCUT2D eigenvalue weighted by atomic mass is 32.1. The summed E-state index contributed by atoms with van der Waals surface area (Å²) in [6, 6.07) is 4.30. The maximum Gasteiger partial charge on any atom is 0.188 e. The third-order valence-corrected chi connectivity index (χ3v) is 2.77. The van der Waals surface area contributed by atoms with Gasteiger partial charge in [-0.1, -0.05) is 0 Å². The van der Waals surface area contributed by atoms with Crippen molar-refractivity contribution in [1.82, 2.24) is 4.98 Å². The maximum absolute atomic E-state index is 12.7. The number of rotatable bonds is 1. The average molecular weight is 195 g/mol. The van der Waals surface area contributed by atoms with Gasteiger partial charge in [-0.2, -0.15) is 0 Å². The molecule has 2 aromatic rings. The number of hydrogen-bond acceptors (Lipinski definition) is 3. The number of carbonyl (C=O) groups excluding carboxylic acids is 1. The number of nitrogens with zero attached hydrogens (tertiary/aromatic N) is 1. The molecule has 1 aromatic carbocycles. The molecule has 0 saturated carbocycles. The van der Waals surface area contributed by atoms with E-state index >= 15 is 0 Å². The summed E-state index contributed by atoms with van der Waals surface area (Å²) in [6.45, 7) is 1.45. The number of hydrogen-bond donors (Lipinski definition) is 0. The zero-order valence-electron chi connectivity index (χ0n) is 6.87. The van der Waals surface area contributed by atoms with Gasteiger partial charge < -0.3 is 0 Å². The van der Waals surface area contributed by atoms with Crippen molar-refractivity contribution in [1.29, 1.82) is 0 Å². The van der Waals surface area contributed by atoms with Crippen LogP contribution in [-0.4, -0.2) is 10.8 Å². The fourth-order valence-electron chi connectivity index (χ4n) is 1.05. The van der Waals surface area contributed by atoms with E-state index in [0.29, 0.717) is 15.2 Å². The minimum absolute atomic E-state index is 0.0818. The Kier molecular flexibility index (Phi) is 1.84. The lowest BCUT2D eigenvalue weighted by molar-refractivity contribution is 0.101. The smallest absolute Gasteiger partial charge is 0.188 e. The molecule has 0 saturated heterocycles. The number of fused-ring (bicyclic) bond motifs is 1. The third kappa shape index (κ3) is 1.45. The second kappa shape index (κ2) is 2.88. The Labute approximate surface area is 78.0 Å². The highest BCUT2D eigenvalue weighted by Gasteiger charge is 2.07. The van der Waals surface area contributed by atoms with Gasteiger partial charge in [0.1, 0.15) is 5.82 Å². The summed E-state index contributed by atoms with van der Waals surface area (Å²) in [4.78, 5) is 15.0. The quantitative estimate of drug-likeness (QED) is 0.655. The zero-order chi connectivity index (χ0) is 9.42. The lowest BCUT2D eigenvalue weighted by Crippen LogP contribution is -1.87. The fourth-order valence-corrected chi connectivity index (χ4v) is 1.93. The first kappa shape index (κ1) is 8.31. The molecule has 2 nitrogen and oxygen atoms in total. The molecule has 2 rings (SSSR count). The molecule has 0 unspecified atom stereocenters. The molecule has 0 amide bonds. The van der Waals surface area contributed by atoms with Gasteiger partial charge in [0.15, 0.2) is 10.8 Å². The Morgan fingerprint density at radius 1 is 1.54 bits per heavy atom. The molecule has 66 valence electrons. The molecule has 13 heavy (non-hydrogen) atoms. The van der Waals surface area contributed by atoms with Crippen LogP contribution in [0.25, 0.3) is 10.2 Å². The number of halogens is 1. The van der Waals surface area contributed by atoms with E-state index in [9.17, 15) is 9.18 Å². The Morgan fingerprint density at radius 2 is 2.31 bits per heavy atom. The third-order valence-electron chi connectivity index (χ3n) is 1.65. The molecule has 0 bridgehead atoms. The molecule has 0 fully saturated rings. The van der Waals surface area contributed by atoms with Crippen molar-refractivity contribution < 1.29 is 9.18 Å². The molecule has 0 aliphatic heterocycles. The largest absolute Gasteiger partial charge is 0.292 e. The molecule has 0 aliphatic rings. The molecule has 4 heteroatoms. The number of thiazole rings is 1. The monoisotopic (exact) mass is 195 g/mol. The predicted molar refractivity (Wildman–Crippen MR) is 49.6 cm³/mol. The van der Waals surface area contributed by atoms with E-state index in [4.69, 9.17) is 0 Å². The van der Waals surface area contributed by atoms with Crippen LogP contribution in [-0.2, 0) is 0 Å². The molecular formula is C9H6FNOS. The van der Waals surface area contributed by atoms with Crippen molar-refractivity contribution in [2.75, 3.05) is 0 Å². The van der Waals surface area contributed by atoms with Crippen LogP contribution in [0.15, 0.2) is 18.2 Å². The van der Waals surface area contributed by atoms with Crippen LogP contribution in [0, 0.1) is 5.82 Å². The average Bonchev–Trinajstić information content (AvgIpc) is 2.46. The van der Waals surface area contributed by atoms with Gasteiger partial charge in [0, 0.05) is 6.92 Å². The second-order valence-corrected chi connectivity index (χ2v) is 3.72. The first-order valence-corrected chi connectivity index (χ1v) is 4.55. The van der Waals surface area contributed by atoms with Crippen LogP contribution in [0.5, 0.6) is 0 Å². The van der Waals surface area contributed by atoms with Gasteiger partial charge in [-0.3, -0.25) is 4.79 Å². The Bertz CT molecular complexity index is 477. The standard InChI is InChI=1S/C9H6FNOS/c1-5(12)9-11-7-3-2-6(10)4-8(7)13-9/h2-4H,1H3. The van der Waals surface area contributed by atoms with Crippen LogP contribution in [0.1, 0.15) is 16.7 Å². The van der Waals surface area contributed by atoms with E-state index < -0.39 is 0 Å². The van der Waals surface area contributed by atoms with Crippen molar-refractivity contribution in [3.05, 3.63) is 29.0 Å². The molecule has 1 heterocycles. The van der Waals surface area contributed by atoms with Gasteiger partial charge in [0.05, 0.1) is 10.2 Å². The van der Waals surface area contributed by atoms with Crippen LogP contribution in [0.2, 0.25) is 0 Å². The number of carbonyl (C=O) groups is 1. The van der Waals surface area contributed by atoms with E-state index in [2.05, 4.69) is 4.98 Å². The van der Waals surface area contributed by atoms with E-state index in [1.807, 2.05) is 0 Å². The first-order chi connectivity index (χ1) is 6.16. The summed E-state index contributed by atoms with van der Waals surface area (Å²) >= 11 is 1.22. The van der Waals surface area contributed by atoms with Gasteiger partial charge in [-0.05, 0) is 18.2 Å². The molecule has 0 spiro atoms. The van der Waals surface area contributed by atoms with Crippen LogP contribution < -0.4 is 0 Å². The number of benzene rings is 1. The maximum atomic E-state index is 12.7. The van der Waals surface area contributed by atoms with E-state index in [0.717, 1.165) is 0 Å². The number of Topliss-reactive ketones (excluding diaryl/α,β-unsaturated/α-hetero) is 1. The molecular weight excluding hydrogens is 189 g/mol. The Hall–Kier alpha value is -1.29. The molecule has 0 N–H and O–H groups in total. The van der Waals surface area contributed by atoms with Gasteiger partial charge in [-0.25, -0.2) is 9.37 Å². The van der Waals surface area contributed by atoms with Gasteiger partial charge in [0.25, 0.3) is 0 Å². The van der Waals surface area contributed by atoms with Gasteiger partial charge in [0.2, 0.25) is 0 Å².